The highest BCUT2D eigenvalue weighted by Gasteiger charge is 2.51. The Bertz CT molecular complexity index is 1480. The Balaban J connectivity index is 1.43. The van der Waals surface area contributed by atoms with Gasteiger partial charge in [0.1, 0.15) is 5.82 Å². The zero-order chi connectivity index (χ0) is 26.4. The molecule has 0 aromatic carbocycles. The fourth-order valence-electron chi connectivity index (χ4n) is 5.34. The van der Waals surface area contributed by atoms with Gasteiger partial charge in [-0.05, 0) is 54.5 Å². The number of aromatic nitrogens is 3. The van der Waals surface area contributed by atoms with E-state index < -0.39 is 20.6 Å². The van der Waals surface area contributed by atoms with Gasteiger partial charge >= 0.3 is 5.97 Å². The standard InChI is InChI=1S/C25H29BrN6O4S/c1-37(35,36)25(24(33)34)11-8-16(9-12-25)21-20(26)22(27)32-23(30-21)19(15-29-32)17-10-13-31(28-14-17)18-6-4-2-3-5-7-18/h2,4,7,10,14-16H,3,5-6,8-9,11-13,27H2,1H3,(H,33,34). The lowest BCUT2D eigenvalue weighted by atomic mass is 9.79. The molecule has 0 bridgehead atoms. The molecule has 2 aliphatic carbocycles. The van der Waals surface area contributed by atoms with Crippen LogP contribution in [-0.4, -0.2) is 62.9 Å². The highest BCUT2D eigenvalue weighted by molar-refractivity contribution is 9.10. The number of sulfone groups is 1. The summed E-state index contributed by atoms with van der Waals surface area (Å²) in [5, 5.41) is 20.8. The van der Waals surface area contributed by atoms with Gasteiger partial charge in [0.05, 0.1) is 29.1 Å². The first kappa shape index (κ1) is 25.7. The van der Waals surface area contributed by atoms with E-state index in [1.807, 2.05) is 11.2 Å². The minimum absolute atomic E-state index is 0.0237. The number of hydrazone groups is 1. The lowest BCUT2D eigenvalue weighted by molar-refractivity contribution is -0.141. The number of aliphatic carboxylic acids is 1. The van der Waals surface area contributed by atoms with E-state index in [2.05, 4.69) is 50.4 Å². The predicted molar refractivity (Wildman–Crippen MR) is 146 cm³/mol. The minimum atomic E-state index is -3.78. The SMILES string of the molecule is CS(=O)(=O)C1(C(=O)O)CCC(c2nc3c(C4=CCN(C5=CCCC=CC5)N=C4)cnn3c(N)c2Br)CC1. The van der Waals surface area contributed by atoms with Crippen molar-refractivity contribution in [2.24, 2.45) is 5.10 Å². The molecule has 0 radical (unpaired) electrons. The molecular formula is C25H29BrN6O4S. The van der Waals surface area contributed by atoms with Crippen molar-refractivity contribution >= 4 is 55.0 Å². The Kier molecular flexibility index (Phi) is 6.73. The number of hydrogen-bond acceptors (Lipinski definition) is 8. The van der Waals surface area contributed by atoms with Gasteiger partial charge in [-0.2, -0.15) is 14.7 Å². The van der Waals surface area contributed by atoms with Crippen molar-refractivity contribution < 1.29 is 18.3 Å². The molecule has 3 heterocycles. The molecule has 0 amide bonds. The van der Waals surface area contributed by atoms with E-state index in [-0.39, 0.29) is 18.8 Å². The third kappa shape index (κ3) is 4.50. The summed E-state index contributed by atoms with van der Waals surface area (Å²) in [5.74, 6) is -1.05. The number of rotatable bonds is 5. The first-order chi connectivity index (χ1) is 17.6. The van der Waals surface area contributed by atoms with Crippen molar-refractivity contribution in [2.75, 3.05) is 18.5 Å². The number of nitrogens with zero attached hydrogens (tertiary/aromatic N) is 5. The molecule has 12 heteroatoms. The Labute approximate surface area is 223 Å². The lowest BCUT2D eigenvalue weighted by Crippen LogP contribution is -2.48. The number of nitrogen functional groups attached to an aromatic ring is 1. The van der Waals surface area contributed by atoms with Crippen LogP contribution in [0.5, 0.6) is 0 Å². The number of allylic oxidation sites excluding steroid dienone is 4. The van der Waals surface area contributed by atoms with Gasteiger partial charge in [0, 0.05) is 35.4 Å². The smallest absolute Gasteiger partial charge is 0.325 e. The van der Waals surface area contributed by atoms with Crippen molar-refractivity contribution in [1.82, 2.24) is 19.6 Å². The summed E-state index contributed by atoms with van der Waals surface area (Å²) in [5.41, 5.74) is 10.6. The second kappa shape index (κ2) is 9.71. The van der Waals surface area contributed by atoms with Crippen molar-refractivity contribution in [3.63, 3.8) is 0 Å². The quantitative estimate of drug-likeness (QED) is 0.500. The van der Waals surface area contributed by atoms with Gasteiger partial charge in [-0.25, -0.2) is 13.4 Å². The largest absolute Gasteiger partial charge is 0.480 e. The number of anilines is 1. The van der Waals surface area contributed by atoms with Gasteiger partial charge in [0.15, 0.2) is 20.2 Å². The number of carboxylic acid groups (broad SMARTS) is 1. The Morgan fingerprint density at radius 1 is 1.22 bits per heavy atom. The molecule has 3 aliphatic rings. The van der Waals surface area contributed by atoms with Gasteiger partial charge in [-0.1, -0.05) is 24.3 Å². The lowest BCUT2D eigenvalue weighted by Gasteiger charge is -2.35. The number of carbonyl (C=O) groups is 1. The second-order valence-electron chi connectivity index (χ2n) is 9.77. The Hall–Kier alpha value is -2.99. The summed E-state index contributed by atoms with van der Waals surface area (Å²) in [6, 6.07) is 0. The summed E-state index contributed by atoms with van der Waals surface area (Å²) in [6.45, 7) is 0.632. The fourth-order valence-corrected chi connectivity index (χ4v) is 7.21. The van der Waals surface area contributed by atoms with Gasteiger partial charge in [0.25, 0.3) is 0 Å². The van der Waals surface area contributed by atoms with Crippen LogP contribution >= 0.6 is 15.9 Å². The van der Waals surface area contributed by atoms with Crippen LogP contribution in [0.25, 0.3) is 11.2 Å². The number of carboxylic acids is 1. The molecule has 2 aromatic rings. The van der Waals surface area contributed by atoms with Crippen LogP contribution in [0.4, 0.5) is 5.82 Å². The molecule has 0 spiro atoms. The normalized spacial score (nSPS) is 24.6. The van der Waals surface area contributed by atoms with Crippen LogP contribution in [0.3, 0.4) is 0 Å². The average Bonchev–Trinajstić information content (AvgIpc) is 3.11. The van der Waals surface area contributed by atoms with E-state index >= 15 is 0 Å². The molecule has 0 atom stereocenters. The molecule has 196 valence electrons. The number of nitrogens with two attached hydrogens (primary N) is 1. The third-order valence-electron chi connectivity index (χ3n) is 7.60. The van der Waals surface area contributed by atoms with E-state index in [9.17, 15) is 18.3 Å². The van der Waals surface area contributed by atoms with Crippen LogP contribution in [0.2, 0.25) is 0 Å². The van der Waals surface area contributed by atoms with E-state index in [1.54, 1.807) is 10.7 Å². The van der Waals surface area contributed by atoms with Gasteiger partial charge in [0.2, 0.25) is 0 Å². The topological polar surface area (TPSA) is 143 Å². The summed E-state index contributed by atoms with van der Waals surface area (Å²) in [7, 11) is -3.78. The number of fused-ring (bicyclic) bond motifs is 1. The summed E-state index contributed by atoms with van der Waals surface area (Å²) in [4.78, 5) is 16.8. The highest BCUT2D eigenvalue weighted by atomic mass is 79.9. The maximum atomic E-state index is 12.3. The van der Waals surface area contributed by atoms with Crippen molar-refractivity contribution in [3.05, 3.63) is 51.9 Å². The van der Waals surface area contributed by atoms with Gasteiger partial charge in [-0.15, -0.1) is 0 Å². The van der Waals surface area contributed by atoms with Crippen molar-refractivity contribution in [1.29, 1.82) is 0 Å². The molecule has 5 rings (SSSR count). The second-order valence-corrected chi connectivity index (χ2v) is 12.9. The maximum Gasteiger partial charge on any atom is 0.325 e. The predicted octanol–water partition coefficient (Wildman–Crippen LogP) is 3.91. The zero-order valence-corrected chi connectivity index (χ0v) is 22.9. The van der Waals surface area contributed by atoms with Crippen molar-refractivity contribution in [2.45, 2.75) is 55.6 Å². The number of hydrogen-bond donors (Lipinski definition) is 2. The summed E-state index contributed by atoms with van der Waals surface area (Å²) < 4.78 is 25.1. The van der Waals surface area contributed by atoms with Crippen LogP contribution < -0.4 is 5.73 Å². The zero-order valence-electron chi connectivity index (χ0n) is 20.5. The molecule has 2 aromatic heterocycles. The molecule has 1 fully saturated rings. The van der Waals surface area contributed by atoms with Crippen molar-refractivity contribution in [3.8, 4) is 0 Å². The molecule has 1 aliphatic heterocycles. The molecule has 0 unspecified atom stereocenters. The van der Waals surface area contributed by atoms with Crippen LogP contribution in [0.1, 0.15) is 62.1 Å². The van der Waals surface area contributed by atoms with E-state index in [4.69, 9.17) is 10.7 Å². The summed E-state index contributed by atoms with van der Waals surface area (Å²) >= 11 is 3.56. The van der Waals surface area contributed by atoms with Gasteiger partial charge < -0.3 is 10.8 Å². The van der Waals surface area contributed by atoms with Crippen LogP contribution in [0, 0.1) is 0 Å². The van der Waals surface area contributed by atoms with Crippen LogP contribution in [0.15, 0.2) is 45.8 Å². The maximum absolute atomic E-state index is 12.3. The molecule has 3 N–H and O–H groups in total. The van der Waals surface area contributed by atoms with E-state index in [0.29, 0.717) is 41.0 Å². The first-order valence-electron chi connectivity index (χ1n) is 12.2. The molecule has 1 saturated carbocycles. The molecular weight excluding hydrogens is 560 g/mol. The molecule has 10 nitrogen and oxygen atoms in total. The minimum Gasteiger partial charge on any atom is -0.480 e. The monoisotopic (exact) mass is 588 g/mol. The Morgan fingerprint density at radius 2 is 1.97 bits per heavy atom. The molecule has 0 saturated heterocycles. The first-order valence-corrected chi connectivity index (χ1v) is 14.9. The van der Waals surface area contributed by atoms with Crippen LogP contribution in [-0.2, 0) is 14.6 Å². The third-order valence-corrected chi connectivity index (χ3v) is 10.4. The number of halogens is 1. The fraction of sp³-hybridized carbons (Fsp3) is 0.440. The Morgan fingerprint density at radius 3 is 2.62 bits per heavy atom. The summed E-state index contributed by atoms with van der Waals surface area (Å²) in [6.07, 6.45) is 16.9. The molecule has 37 heavy (non-hydrogen) atoms. The van der Waals surface area contributed by atoms with Gasteiger partial charge in [-0.3, -0.25) is 9.80 Å². The van der Waals surface area contributed by atoms with E-state index in [0.717, 1.165) is 36.7 Å². The van der Waals surface area contributed by atoms with E-state index in [1.165, 1.54) is 5.70 Å². The highest BCUT2D eigenvalue weighted by Crippen LogP contribution is 2.44. The average molecular weight is 590 g/mol.